The second-order valence-corrected chi connectivity index (χ2v) is 20.0. The van der Waals surface area contributed by atoms with Crippen LogP contribution in [0.1, 0.15) is 309 Å². The summed E-state index contributed by atoms with van der Waals surface area (Å²) in [6, 6.07) is -0.549. The molecule has 1 amide bonds. The Bertz CT molecular complexity index is 1070. The summed E-state index contributed by atoms with van der Waals surface area (Å²) in [5.74, 6) is -0.0655. The van der Waals surface area contributed by atoms with Gasteiger partial charge in [0.05, 0.1) is 25.4 Å². The van der Waals surface area contributed by atoms with Gasteiger partial charge in [0, 0.05) is 12.8 Å². The molecule has 0 saturated carbocycles. The van der Waals surface area contributed by atoms with Gasteiger partial charge in [0.15, 0.2) is 0 Å². The lowest BCUT2D eigenvalue weighted by molar-refractivity contribution is -0.143. The molecule has 0 aliphatic carbocycles. The van der Waals surface area contributed by atoms with Gasteiger partial charge in [0.25, 0.3) is 0 Å². The van der Waals surface area contributed by atoms with Crippen LogP contribution >= 0.6 is 0 Å². The smallest absolute Gasteiger partial charge is 0.305 e. The second kappa shape index (κ2) is 55.7. The average molecular weight is 929 g/mol. The number of allylic oxidation sites excluding steroid dienone is 6. The zero-order chi connectivity index (χ0) is 47.9. The third kappa shape index (κ3) is 51.5. The number of aliphatic hydroxyl groups is 2. The van der Waals surface area contributed by atoms with E-state index in [1.165, 1.54) is 205 Å². The Morgan fingerprint density at radius 1 is 0.424 bits per heavy atom. The van der Waals surface area contributed by atoms with Crippen molar-refractivity contribution >= 4 is 11.9 Å². The number of carbonyl (C=O) groups is 2. The lowest BCUT2D eigenvalue weighted by atomic mass is 10.0. The molecule has 0 aromatic rings. The van der Waals surface area contributed by atoms with Crippen molar-refractivity contribution in [2.75, 3.05) is 13.2 Å². The van der Waals surface area contributed by atoms with Crippen LogP contribution in [0.5, 0.6) is 0 Å². The van der Waals surface area contributed by atoms with Crippen LogP contribution in [0, 0.1) is 0 Å². The highest BCUT2D eigenvalue weighted by atomic mass is 16.5. The normalized spacial score (nSPS) is 12.8. The SMILES string of the molecule is CCCCCCCC/C=C\CCCCCCCC(=O)OCCCCC/C=C\C=C/CCCCCCCCCCCCC(=O)NC(CO)C(O)CCCCCCCCCCCCCCCCC. The molecule has 2 atom stereocenters. The number of rotatable bonds is 54. The van der Waals surface area contributed by atoms with Gasteiger partial charge in [0.2, 0.25) is 5.91 Å². The first-order valence-electron chi connectivity index (χ1n) is 29.3. The van der Waals surface area contributed by atoms with E-state index in [0.717, 1.165) is 70.6 Å². The van der Waals surface area contributed by atoms with E-state index in [1.807, 2.05) is 0 Å². The molecule has 0 aliphatic rings. The number of nitrogens with one attached hydrogen (secondary N) is 1. The van der Waals surface area contributed by atoms with E-state index in [9.17, 15) is 19.8 Å². The Morgan fingerprint density at radius 3 is 1.17 bits per heavy atom. The van der Waals surface area contributed by atoms with Crippen LogP contribution in [0.3, 0.4) is 0 Å². The van der Waals surface area contributed by atoms with Gasteiger partial charge in [-0.3, -0.25) is 9.59 Å². The average Bonchev–Trinajstić information content (AvgIpc) is 3.32. The van der Waals surface area contributed by atoms with Crippen LogP contribution in [-0.2, 0) is 14.3 Å². The Labute approximate surface area is 411 Å². The maximum atomic E-state index is 12.5. The van der Waals surface area contributed by atoms with E-state index in [1.54, 1.807) is 0 Å². The van der Waals surface area contributed by atoms with E-state index in [4.69, 9.17) is 4.74 Å². The molecule has 0 aromatic carbocycles. The Balaban J connectivity index is 3.48. The molecule has 0 fully saturated rings. The van der Waals surface area contributed by atoms with Crippen LogP contribution < -0.4 is 5.32 Å². The zero-order valence-corrected chi connectivity index (χ0v) is 44.2. The van der Waals surface area contributed by atoms with Crippen molar-refractivity contribution in [1.82, 2.24) is 5.32 Å². The van der Waals surface area contributed by atoms with Gasteiger partial charge in [-0.05, 0) is 83.5 Å². The zero-order valence-electron chi connectivity index (χ0n) is 44.2. The number of hydrogen-bond acceptors (Lipinski definition) is 5. The van der Waals surface area contributed by atoms with Gasteiger partial charge in [-0.15, -0.1) is 0 Å². The number of aliphatic hydroxyl groups excluding tert-OH is 2. The topological polar surface area (TPSA) is 95.9 Å². The molecular weight excluding hydrogens is 815 g/mol. The first kappa shape index (κ1) is 64.1. The fourth-order valence-corrected chi connectivity index (χ4v) is 8.92. The number of unbranched alkanes of at least 4 members (excludes halogenated alkanes) is 38. The quantitative estimate of drug-likeness (QED) is 0.0244. The van der Waals surface area contributed by atoms with Gasteiger partial charge in [-0.1, -0.05) is 249 Å². The summed E-state index contributed by atoms with van der Waals surface area (Å²) < 4.78 is 5.45. The van der Waals surface area contributed by atoms with E-state index in [-0.39, 0.29) is 18.5 Å². The Hall–Kier alpha value is -1.92. The van der Waals surface area contributed by atoms with Crippen molar-refractivity contribution < 1.29 is 24.5 Å². The monoisotopic (exact) mass is 928 g/mol. The molecule has 0 radical (unpaired) electrons. The molecule has 0 aliphatic heterocycles. The van der Waals surface area contributed by atoms with Crippen molar-refractivity contribution in [3.05, 3.63) is 36.5 Å². The maximum absolute atomic E-state index is 12.5. The Morgan fingerprint density at radius 2 is 0.758 bits per heavy atom. The van der Waals surface area contributed by atoms with Crippen molar-refractivity contribution in [1.29, 1.82) is 0 Å². The van der Waals surface area contributed by atoms with E-state index in [0.29, 0.717) is 25.9 Å². The van der Waals surface area contributed by atoms with Crippen molar-refractivity contribution in [3.8, 4) is 0 Å². The van der Waals surface area contributed by atoms with Crippen LogP contribution in [0.25, 0.3) is 0 Å². The fraction of sp³-hybridized carbons (Fsp3) is 0.867. The van der Waals surface area contributed by atoms with Gasteiger partial charge >= 0.3 is 5.97 Å². The minimum Gasteiger partial charge on any atom is -0.466 e. The van der Waals surface area contributed by atoms with Gasteiger partial charge < -0.3 is 20.3 Å². The van der Waals surface area contributed by atoms with Crippen molar-refractivity contribution in [3.63, 3.8) is 0 Å². The Kier molecular flexibility index (Phi) is 54.1. The van der Waals surface area contributed by atoms with Crippen molar-refractivity contribution in [2.45, 2.75) is 321 Å². The summed E-state index contributed by atoms with van der Waals surface area (Å²) in [5.41, 5.74) is 0. The second-order valence-electron chi connectivity index (χ2n) is 20.0. The summed E-state index contributed by atoms with van der Waals surface area (Å²) in [6.07, 6.45) is 68.5. The highest BCUT2D eigenvalue weighted by molar-refractivity contribution is 5.76. The van der Waals surface area contributed by atoms with E-state index >= 15 is 0 Å². The minimum atomic E-state index is -0.671. The molecule has 0 saturated heterocycles. The van der Waals surface area contributed by atoms with Crippen LogP contribution in [-0.4, -0.2) is 47.4 Å². The molecule has 0 spiro atoms. The number of hydrogen-bond donors (Lipinski definition) is 3. The molecule has 0 bridgehead atoms. The van der Waals surface area contributed by atoms with Crippen molar-refractivity contribution in [2.24, 2.45) is 0 Å². The summed E-state index contributed by atoms with van der Waals surface area (Å²) in [5, 5.41) is 23.3. The lowest BCUT2D eigenvalue weighted by Crippen LogP contribution is -2.45. The first-order valence-corrected chi connectivity index (χ1v) is 29.3. The molecule has 0 aromatic heterocycles. The summed E-state index contributed by atoms with van der Waals surface area (Å²) in [4.78, 5) is 24.5. The standard InChI is InChI=1S/C60H113NO5/c1-3-5-7-9-11-13-15-17-24-28-32-36-40-44-48-52-58(63)57(56-62)61-59(64)53-49-45-41-37-33-29-26-22-20-19-21-23-27-31-35-39-43-47-51-55-66-60(65)54-50-46-42-38-34-30-25-18-16-14-12-10-8-6-4-2/h18,23,25,27,31,35,57-58,62-63H,3-17,19-22,24,26,28-30,32-34,36-56H2,1-2H3,(H,61,64)/b25-18-,27-23-,35-31-. The highest BCUT2D eigenvalue weighted by Gasteiger charge is 2.20. The molecule has 2 unspecified atom stereocenters. The summed E-state index contributed by atoms with van der Waals surface area (Å²) >= 11 is 0. The molecule has 3 N–H and O–H groups in total. The van der Waals surface area contributed by atoms with Gasteiger partial charge in [-0.25, -0.2) is 0 Å². The predicted molar refractivity (Wildman–Crippen MR) is 287 cm³/mol. The minimum absolute atomic E-state index is 0.0213. The van der Waals surface area contributed by atoms with Gasteiger partial charge in [-0.2, -0.15) is 0 Å². The number of esters is 1. The number of ether oxygens (including phenoxy) is 1. The van der Waals surface area contributed by atoms with Crippen LogP contribution in [0.15, 0.2) is 36.5 Å². The van der Waals surface area contributed by atoms with Gasteiger partial charge in [0.1, 0.15) is 0 Å². The molecule has 6 heteroatoms. The summed E-state index contributed by atoms with van der Waals surface area (Å²) in [6.45, 7) is 4.91. The lowest BCUT2D eigenvalue weighted by Gasteiger charge is -2.22. The molecule has 66 heavy (non-hydrogen) atoms. The molecule has 0 heterocycles. The number of carbonyl (C=O) groups excluding carboxylic acids is 2. The molecular formula is C60H113NO5. The highest BCUT2D eigenvalue weighted by Crippen LogP contribution is 2.17. The van der Waals surface area contributed by atoms with Crippen LogP contribution in [0.2, 0.25) is 0 Å². The predicted octanol–water partition coefficient (Wildman–Crippen LogP) is 18.0. The molecule has 6 nitrogen and oxygen atoms in total. The number of amides is 1. The molecule has 0 rings (SSSR count). The van der Waals surface area contributed by atoms with E-state index < -0.39 is 12.1 Å². The fourth-order valence-electron chi connectivity index (χ4n) is 8.92. The van der Waals surface area contributed by atoms with Crippen LogP contribution in [0.4, 0.5) is 0 Å². The third-order valence-corrected chi connectivity index (χ3v) is 13.4. The first-order chi connectivity index (χ1) is 32.5. The third-order valence-electron chi connectivity index (χ3n) is 13.4. The maximum Gasteiger partial charge on any atom is 0.305 e. The molecule has 388 valence electrons. The van der Waals surface area contributed by atoms with E-state index in [2.05, 4.69) is 55.6 Å². The largest absolute Gasteiger partial charge is 0.466 e. The summed E-state index contributed by atoms with van der Waals surface area (Å²) in [7, 11) is 0.